The molecule has 0 saturated carbocycles. The van der Waals surface area contributed by atoms with E-state index >= 15 is 0 Å². The van der Waals surface area contributed by atoms with Gasteiger partial charge in [0.15, 0.2) is 0 Å². The average molecular weight is 500 g/mol. The molecule has 0 aliphatic rings. The summed E-state index contributed by atoms with van der Waals surface area (Å²) in [7, 11) is 4.51. The first-order valence-electron chi connectivity index (χ1n) is 9.93. The molecule has 0 radical (unpaired) electrons. The Kier molecular flexibility index (Phi) is 10.9. The van der Waals surface area contributed by atoms with Crippen LogP contribution < -0.4 is 4.74 Å². The van der Waals surface area contributed by atoms with Crippen LogP contribution in [0.3, 0.4) is 0 Å². The molecule has 2 rings (SSSR count). The minimum absolute atomic E-state index is 0.0618. The number of ether oxygens (including phenoxy) is 4. The summed E-state index contributed by atoms with van der Waals surface area (Å²) in [4.78, 5) is 37.8. The van der Waals surface area contributed by atoms with E-state index in [4.69, 9.17) is 14.2 Å². The molecule has 0 heterocycles. The fourth-order valence-corrected chi connectivity index (χ4v) is 4.32. The molecular weight excluding hydrogens is 474 g/mol. The lowest BCUT2D eigenvalue weighted by atomic mass is 9.98. The van der Waals surface area contributed by atoms with Crippen molar-refractivity contribution < 1.29 is 38.5 Å². The first kappa shape index (κ1) is 26.4. The SMILES string of the molecule is COc1ccc2cc([C@H](C)C(=O)OCCSSCCOC(=O)OC(C)O[N+](=O)[O-])ccc2c1. The second-order valence-electron chi connectivity index (χ2n) is 6.62. The summed E-state index contributed by atoms with van der Waals surface area (Å²) in [6.45, 7) is 3.33. The van der Waals surface area contributed by atoms with Crippen LogP contribution in [0.2, 0.25) is 0 Å². The van der Waals surface area contributed by atoms with Gasteiger partial charge in [0.05, 0.1) is 13.0 Å². The van der Waals surface area contributed by atoms with Crippen molar-refractivity contribution in [2.45, 2.75) is 26.1 Å². The van der Waals surface area contributed by atoms with Crippen molar-refractivity contribution in [2.24, 2.45) is 0 Å². The lowest BCUT2D eigenvalue weighted by Gasteiger charge is -2.13. The highest BCUT2D eigenvalue weighted by Gasteiger charge is 2.17. The van der Waals surface area contributed by atoms with Crippen molar-refractivity contribution in [2.75, 3.05) is 31.8 Å². The topological polar surface area (TPSA) is 123 Å². The molecule has 0 amide bonds. The van der Waals surface area contributed by atoms with Crippen molar-refractivity contribution in [3.8, 4) is 5.75 Å². The van der Waals surface area contributed by atoms with Crippen LogP contribution in [-0.2, 0) is 23.8 Å². The van der Waals surface area contributed by atoms with Gasteiger partial charge in [-0.15, -0.1) is 10.1 Å². The quantitative estimate of drug-likeness (QED) is 0.0960. The molecule has 0 N–H and O–H groups in total. The van der Waals surface area contributed by atoms with Crippen LogP contribution in [0, 0.1) is 10.1 Å². The Bertz CT molecular complexity index is 956. The van der Waals surface area contributed by atoms with Crippen LogP contribution in [0.1, 0.15) is 25.3 Å². The molecule has 2 atom stereocenters. The molecule has 0 saturated heterocycles. The Labute approximate surface area is 198 Å². The zero-order valence-corrected chi connectivity index (χ0v) is 20.0. The molecule has 10 nitrogen and oxygen atoms in total. The second-order valence-corrected chi connectivity index (χ2v) is 9.32. The Hall–Kier alpha value is -2.86. The molecule has 0 aliphatic carbocycles. The zero-order chi connectivity index (χ0) is 24.2. The molecule has 2 aromatic rings. The van der Waals surface area contributed by atoms with Crippen LogP contribution in [-0.4, -0.2) is 55.3 Å². The molecule has 0 spiro atoms. The van der Waals surface area contributed by atoms with E-state index in [1.54, 1.807) is 7.11 Å². The molecule has 180 valence electrons. The molecule has 0 fully saturated rings. The first-order chi connectivity index (χ1) is 15.8. The van der Waals surface area contributed by atoms with Gasteiger partial charge < -0.3 is 18.9 Å². The summed E-state index contributed by atoms with van der Waals surface area (Å²) in [5.74, 6) is 1.12. The number of esters is 1. The number of carbonyl (C=O) groups is 2. The van der Waals surface area contributed by atoms with Gasteiger partial charge in [-0.3, -0.25) is 9.63 Å². The van der Waals surface area contributed by atoms with E-state index in [-0.39, 0.29) is 19.2 Å². The van der Waals surface area contributed by atoms with E-state index in [0.717, 1.165) is 22.1 Å². The van der Waals surface area contributed by atoms with E-state index < -0.39 is 23.4 Å². The largest absolute Gasteiger partial charge is 0.510 e. The minimum Gasteiger partial charge on any atom is -0.497 e. The molecule has 0 bridgehead atoms. The lowest BCUT2D eigenvalue weighted by Crippen LogP contribution is -2.22. The second kappa shape index (κ2) is 13.6. The average Bonchev–Trinajstić information content (AvgIpc) is 2.78. The van der Waals surface area contributed by atoms with Gasteiger partial charge in [-0.25, -0.2) is 4.79 Å². The maximum atomic E-state index is 12.4. The van der Waals surface area contributed by atoms with Crippen molar-refractivity contribution in [1.82, 2.24) is 0 Å². The molecule has 12 heteroatoms. The highest BCUT2D eigenvalue weighted by molar-refractivity contribution is 8.76. The molecule has 1 unspecified atom stereocenters. The number of hydrogen-bond acceptors (Lipinski definition) is 11. The third-order valence-electron chi connectivity index (χ3n) is 4.30. The molecule has 2 aromatic carbocycles. The highest BCUT2D eigenvalue weighted by atomic mass is 33.1. The van der Waals surface area contributed by atoms with E-state index in [2.05, 4.69) is 9.57 Å². The Morgan fingerprint density at radius 1 is 1.00 bits per heavy atom. The van der Waals surface area contributed by atoms with E-state index in [1.807, 2.05) is 43.3 Å². The van der Waals surface area contributed by atoms with Crippen molar-refractivity contribution in [3.63, 3.8) is 0 Å². The standard InChI is InChI=1S/C21H25NO9S2/c1-14(16-4-5-18-13-19(27-3)7-6-17(18)12-16)20(23)28-8-10-32-33-11-9-29-21(24)30-15(2)31-22(25)26/h4-7,12-15H,8-11H2,1-3H3/t14-,15?/m0/s1. The zero-order valence-electron chi connectivity index (χ0n) is 18.4. The number of nitrogens with zero attached hydrogens (tertiary/aromatic N) is 1. The van der Waals surface area contributed by atoms with Gasteiger partial charge in [0.1, 0.15) is 19.0 Å². The molecule has 33 heavy (non-hydrogen) atoms. The van der Waals surface area contributed by atoms with Gasteiger partial charge in [0, 0.05) is 11.5 Å². The number of carbonyl (C=O) groups excluding carboxylic acids is 2. The Morgan fingerprint density at radius 3 is 2.30 bits per heavy atom. The number of rotatable bonds is 13. The third kappa shape index (κ3) is 9.26. The predicted octanol–water partition coefficient (Wildman–Crippen LogP) is 4.58. The van der Waals surface area contributed by atoms with Crippen molar-refractivity contribution in [1.29, 1.82) is 0 Å². The predicted molar refractivity (Wildman–Crippen MR) is 125 cm³/mol. The van der Waals surface area contributed by atoms with Gasteiger partial charge >= 0.3 is 12.1 Å². The first-order valence-corrected chi connectivity index (χ1v) is 12.4. The van der Waals surface area contributed by atoms with E-state index in [0.29, 0.717) is 11.5 Å². The summed E-state index contributed by atoms with van der Waals surface area (Å²) in [5, 5.41) is 11.1. The number of methoxy groups -OCH3 is 1. The summed E-state index contributed by atoms with van der Waals surface area (Å²) in [6.07, 6.45) is -2.39. The van der Waals surface area contributed by atoms with Gasteiger partial charge in [0.2, 0.25) is 6.29 Å². The van der Waals surface area contributed by atoms with E-state index in [1.165, 1.54) is 28.5 Å². The van der Waals surface area contributed by atoms with Crippen LogP contribution in [0.4, 0.5) is 4.79 Å². The highest BCUT2D eigenvalue weighted by Crippen LogP contribution is 2.26. The van der Waals surface area contributed by atoms with Crippen LogP contribution in [0.15, 0.2) is 36.4 Å². The number of benzene rings is 2. The summed E-state index contributed by atoms with van der Waals surface area (Å²) >= 11 is 0. The molecule has 0 aliphatic heterocycles. The fourth-order valence-electron chi connectivity index (χ4n) is 2.67. The van der Waals surface area contributed by atoms with Crippen molar-refractivity contribution in [3.05, 3.63) is 52.1 Å². The van der Waals surface area contributed by atoms with Gasteiger partial charge in [-0.1, -0.05) is 45.9 Å². The minimum atomic E-state index is -1.34. The van der Waals surface area contributed by atoms with Gasteiger partial charge in [-0.05, 0) is 42.3 Å². The third-order valence-corrected chi connectivity index (χ3v) is 6.64. The number of hydrogen-bond donors (Lipinski definition) is 0. The summed E-state index contributed by atoms with van der Waals surface area (Å²) in [6, 6.07) is 11.6. The van der Waals surface area contributed by atoms with Crippen molar-refractivity contribution >= 4 is 44.5 Å². The number of fused-ring (bicyclic) bond motifs is 1. The molecule has 0 aromatic heterocycles. The van der Waals surface area contributed by atoms with Gasteiger partial charge in [-0.2, -0.15) is 0 Å². The van der Waals surface area contributed by atoms with Crippen LogP contribution >= 0.6 is 21.6 Å². The fraction of sp³-hybridized carbons (Fsp3) is 0.429. The van der Waals surface area contributed by atoms with E-state index in [9.17, 15) is 19.7 Å². The van der Waals surface area contributed by atoms with Crippen LogP contribution in [0.25, 0.3) is 10.8 Å². The summed E-state index contributed by atoms with van der Waals surface area (Å²) in [5.41, 5.74) is 0.877. The van der Waals surface area contributed by atoms with Crippen LogP contribution in [0.5, 0.6) is 5.75 Å². The smallest absolute Gasteiger partial charge is 0.497 e. The summed E-state index contributed by atoms with van der Waals surface area (Å²) < 4.78 is 19.9. The monoisotopic (exact) mass is 499 g/mol. The van der Waals surface area contributed by atoms with Gasteiger partial charge in [0.25, 0.3) is 5.09 Å². The normalized spacial score (nSPS) is 12.5. The Morgan fingerprint density at radius 2 is 1.64 bits per heavy atom. The maximum Gasteiger partial charge on any atom is 0.510 e. The molecular formula is C21H25NO9S2. The Balaban J connectivity index is 1.61. The lowest BCUT2D eigenvalue weighted by molar-refractivity contribution is -0.777. The maximum absolute atomic E-state index is 12.4.